The van der Waals surface area contributed by atoms with Gasteiger partial charge in [-0.1, -0.05) is 18.2 Å². The molecule has 12 heteroatoms. The van der Waals surface area contributed by atoms with Crippen LogP contribution in [0.15, 0.2) is 60.0 Å². The molecule has 4 heterocycles. The number of aliphatic hydroxyl groups is 1. The molecule has 0 fully saturated rings. The highest BCUT2D eigenvalue weighted by atomic mass is 19.4. The van der Waals surface area contributed by atoms with Crippen molar-refractivity contribution in [3.63, 3.8) is 0 Å². The second-order valence-electron chi connectivity index (χ2n) is 10.0. The summed E-state index contributed by atoms with van der Waals surface area (Å²) in [6.45, 7) is 6.76. The van der Waals surface area contributed by atoms with E-state index >= 15 is 0 Å². The lowest BCUT2D eigenvalue weighted by molar-refractivity contribution is -0.147. The maximum atomic E-state index is 13.2. The average Bonchev–Trinajstić information content (AvgIpc) is 3.13. The first-order valence-electron chi connectivity index (χ1n) is 12.4. The van der Waals surface area contributed by atoms with E-state index in [0.29, 0.717) is 35.8 Å². The van der Waals surface area contributed by atoms with Crippen molar-refractivity contribution in [3.05, 3.63) is 82.4 Å². The smallest absolute Gasteiger partial charge is 0.384 e. The molecule has 0 saturated carbocycles. The maximum Gasteiger partial charge on any atom is 0.401 e. The van der Waals surface area contributed by atoms with Crippen LogP contribution in [0.5, 0.6) is 0 Å². The second-order valence-corrected chi connectivity index (χ2v) is 10.0. The van der Waals surface area contributed by atoms with Crippen LogP contribution in [-0.4, -0.2) is 53.6 Å². The quantitative estimate of drug-likeness (QED) is 0.342. The third-order valence-electron chi connectivity index (χ3n) is 6.51. The highest BCUT2D eigenvalue weighted by Gasteiger charge is 2.32. The molecule has 0 saturated heterocycles. The van der Waals surface area contributed by atoms with Gasteiger partial charge in [-0.3, -0.25) is 9.69 Å². The van der Waals surface area contributed by atoms with E-state index in [0.717, 1.165) is 11.1 Å². The summed E-state index contributed by atoms with van der Waals surface area (Å²) in [6.07, 6.45) is -0.714. The predicted octanol–water partition coefficient (Wildman–Crippen LogP) is 4.05. The Morgan fingerprint density at radius 2 is 1.95 bits per heavy atom. The Bertz CT molecular complexity index is 1600. The molecule has 39 heavy (non-hydrogen) atoms. The van der Waals surface area contributed by atoms with Crippen LogP contribution in [-0.2, 0) is 25.1 Å². The topological polar surface area (TPSA) is 101 Å². The van der Waals surface area contributed by atoms with Crippen molar-refractivity contribution >= 4 is 22.7 Å². The van der Waals surface area contributed by atoms with Gasteiger partial charge in [0.25, 0.3) is 5.56 Å². The summed E-state index contributed by atoms with van der Waals surface area (Å²) in [7, 11) is 0. The van der Waals surface area contributed by atoms with Gasteiger partial charge in [-0.15, -0.1) is 6.58 Å². The second kappa shape index (κ2) is 9.93. The molecule has 1 aliphatic rings. The third-order valence-corrected chi connectivity index (χ3v) is 6.51. The van der Waals surface area contributed by atoms with Crippen molar-refractivity contribution < 1.29 is 18.3 Å². The number of rotatable bonds is 7. The lowest BCUT2D eigenvalue weighted by atomic mass is 9.99. The molecule has 0 amide bonds. The molecule has 0 bridgehead atoms. The number of nitrogens with zero attached hydrogens (tertiary/aromatic N) is 6. The number of halogens is 3. The average molecular weight is 540 g/mol. The van der Waals surface area contributed by atoms with Gasteiger partial charge < -0.3 is 10.4 Å². The zero-order chi connectivity index (χ0) is 27.9. The number of aromatic nitrogens is 5. The number of hydrogen-bond donors (Lipinski definition) is 2. The van der Waals surface area contributed by atoms with E-state index < -0.39 is 18.3 Å². The molecule has 0 spiro atoms. The first-order valence-corrected chi connectivity index (χ1v) is 12.4. The fraction of sp³-hybridized carbons (Fsp3) is 0.333. The molecule has 3 aromatic heterocycles. The maximum absolute atomic E-state index is 13.2. The number of benzene rings is 1. The van der Waals surface area contributed by atoms with Crippen molar-refractivity contribution in [1.82, 2.24) is 29.2 Å². The van der Waals surface area contributed by atoms with E-state index in [1.807, 2.05) is 12.1 Å². The fourth-order valence-electron chi connectivity index (χ4n) is 4.70. The van der Waals surface area contributed by atoms with E-state index in [-0.39, 0.29) is 30.0 Å². The number of anilines is 2. The van der Waals surface area contributed by atoms with Gasteiger partial charge in [0.2, 0.25) is 5.95 Å². The molecule has 0 unspecified atom stereocenters. The van der Waals surface area contributed by atoms with Gasteiger partial charge in [-0.2, -0.15) is 18.2 Å². The number of hydrogen-bond acceptors (Lipinski definition) is 7. The highest BCUT2D eigenvalue weighted by molar-refractivity contribution is 5.77. The van der Waals surface area contributed by atoms with Gasteiger partial charge in [0.05, 0.1) is 18.8 Å². The van der Waals surface area contributed by atoms with E-state index in [2.05, 4.69) is 26.8 Å². The molecule has 5 rings (SSSR count). The van der Waals surface area contributed by atoms with Crippen LogP contribution in [0.3, 0.4) is 0 Å². The summed E-state index contributed by atoms with van der Waals surface area (Å²) < 4.78 is 41.7. The van der Waals surface area contributed by atoms with E-state index in [9.17, 15) is 23.1 Å². The minimum atomic E-state index is -4.25. The lowest BCUT2D eigenvalue weighted by Gasteiger charge is -2.29. The highest BCUT2D eigenvalue weighted by Crippen LogP contribution is 2.27. The van der Waals surface area contributed by atoms with Crippen LogP contribution in [0.2, 0.25) is 0 Å². The fourth-order valence-corrected chi connectivity index (χ4v) is 4.70. The molecular formula is C27H28F3N7O2. The van der Waals surface area contributed by atoms with Crippen LogP contribution in [0.4, 0.5) is 24.8 Å². The third kappa shape index (κ3) is 5.57. The molecule has 204 valence electrons. The minimum absolute atomic E-state index is 0.186. The van der Waals surface area contributed by atoms with Gasteiger partial charge in [0.1, 0.15) is 11.0 Å². The minimum Gasteiger partial charge on any atom is -0.384 e. The summed E-state index contributed by atoms with van der Waals surface area (Å²) in [5, 5.41) is 13.9. The Kier molecular flexibility index (Phi) is 6.77. The zero-order valence-electron chi connectivity index (χ0n) is 21.5. The first-order chi connectivity index (χ1) is 18.4. The first kappa shape index (κ1) is 26.6. The molecule has 1 aliphatic heterocycles. The van der Waals surface area contributed by atoms with Crippen molar-refractivity contribution in [2.75, 3.05) is 18.4 Å². The van der Waals surface area contributed by atoms with Crippen LogP contribution >= 0.6 is 0 Å². The normalized spacial score (nSPS) is 14.4. The molecule has 1 aromatic carbocycles. The Morgan fingerprint density at radius 1 is 1.15 bits per heavy atom. The number of fused-ring (bicyclic) bond motifs is 2. The molecule has 2 N–H and O–H groups in total. The predicted molar refractivity (Wildman–Crippen MR) is 141 cm³/mol. The molecular weight excluding hydrogens is 511 g/mol. The van der Waals surface area contributed by atoms with Crippen LogP contribution in [0.1, 0.15) is 30.7 Å². The number of nitrogens with one attached hydrogen (secondary N) is 1. The molecule has 0 aliphatic carbocycles. The Morgan fingerprint density at radius 3 is 2.67 bits per heavy atom. The van der Waals surface area contributed by atoms with Gasteiger partial charge in [0.15, 0.2) is 11.5 Å². The Labute approximate surface area is 222 Å². The number of alkyl halides is 3. The van der Waals surface area contributed by atoms with Crippen molar-refractivity contribution in [3.8, 4) is 5.82 Å². The van der Waals surface area contributed by atoms with E-state index in [1.54, 1.807) is 48.9 Å². The van der Waals surface area contributed by atoms with Gasteiger partial charge in [0, 0.05) is 25.0 Å². The number of pyridine rings is 1. The van der Waals surface area contributed by atoms with Crippen molar-refractivity contribution in [2.24, 2.45) is 0 Å². The van der Waals surface area contributed by atoms with Crippen LogP contribution < -0.4 is 10.9 Å². The van der Waals surface area contributed by atoms with E-state index in [1.165, 1.54) is 15.8 Å². The lowest BCUT2D eigenvalue weighted by Crippen LogP contribution is -2.37. The zero-order valence-corrected chi connectivity index (χ0v) is 21.5. The van der Waals surface area contributed by atoms with E-state index in [4.69, 9.17) is 0 Å². The monoisotopic (exact) mass is 539 g/mol. The summed E-state index contributed by atoms with van der Waals surface area (Å²) >= 11 is 0. The summed E-state index contributed by atoms with van der Waals surface area (Å²) in [6, 6.07) is 10.7. The van der Waals surface area contributed by atoms with Gasteiger partial charge in [-0.25, -0.2) is 19.3 Å². The van der Waals surface area contributed by atoms with Gasteiger partial charge >= 0.3 is 6.18 Å². The molecule has 0 radical (unpaired) electrons. The largest absolute Gasteiger partial charge is 0.401 e. The Hall–Kier alpha value is -4.03. The summed E-state index contributed by atoms with van der Waals surface area (Å²) in [5.74, 6) is 0.584. The van der Waals surface area contributed by atoms with Crippen LogP contribution in [0, 0.1) is 0 Å². The summed E-state index contributed by atoms with van der Waals surface area (Å²) in [4.78, 5) is 28.0. The summed E-state index contributed by atoms with van der Waals surface area (Å²) in [5.41, 5.74) is 1.61. The SMILES string of the molecule is C=CCn1c(=O)c2cnc(Nc3ccc4c(c3)CN(CC(F)(F)F)CC4)nc2n1-c1cccc(C(C)(C)O)n1. The molecule has 4 aromatic rings. The van der Waals surface area contributed by atoms with Gasteiger partial charge in [-0.05, 0) is 55.7 Å². The molecule has 9 nitrogen and oxygen atoms in total. The van der Waals surface area contributed by atoms with Crippen molar-refractivity contribution in [1.29, 1.82) is 0 Å². The van der Waals surface area contributed by atoms with Crippen molar-refractivity contribution in [2.45, 2.75) is 45.1 Å². The number of allylic oxidation sites excluding steroid dienone is 1. The van der Waals surface area contributed by atoms with Crippen LogP contribution in [0.25, 0.3) is 16.9 Å². The standard InChI is InChI=1S/C27H28F3N7O2/c1-4-11-36-24(38)20-14-31-25(34-23(20)37(36)22-7-5-6-21(33-22)26(2,3)39)32-19-9-8-17-10-12-35(15-18(17)13-19)16-27(28,29)30/h4-9,13-14,39H,1,10-12,15-16H2,2-3H3,(H,31,32,34). The Balaban J connectivity index is 1.52. The molecule has 0 atom stereocenters.